The number of amides is 1. The third-order valence-electron chi connectivity index (χ3n) is 2.41. The van der Waals surface area contributed by atoms with Gasteiger partial charge in [-0.05, 0) is 24.1 Å². The van der Waals surface area contributed by atoms with Crippen molar-refractivity contribution < 1.29 is 13.2 Å². The molecule has 1 rings (SSSR count). The summed E-state index contributed by atoms with van der Waals surface area (Å²) in [4.78, 5) is 11.8. The molecule has 7 nitrogen and oxygen atoms in total. The first kappa shape index (κ1) is 15.4. The summed E-state index contributed by atoms with van der Waals surface area (Å²) in [5, 5.41) is 7.47. The highest BCUT2D eigenvalue weighted by molar-refractivity contribution is 7.90. The van der Waals surface area contributed by atoms with Gasteiger partial charge in [-0.25, -0.2) is 5.14 Å². The summed E-state index contributed by atoms with van der Waals surface area (Å²) in [6.07, 6.45) is 0. The number of nitrogens with two attached hydrogens (primary N) is 2. The van der Waals surface area contributed by atoms with Crippen molar-refractivity contribution >= 4 is 27.5 Å². The van der Waals surface area contributed by atoms with Gasteiger partial charge in [0.1, 0.15) is 0 Å². The minimum atomic E-state index is -3.84. The Balaban J connectivity index is 2.80. The molecule has 0 aliphatic carbocycles. The van der Waals surface area contributed by atoms with E-state index in [2.05, 4.69) is 10.0 Å². The molecule has 6 N–H and O–H groups in total. The lowest BCUT2D eigenvalue weighted by Crippen LogP contribution is -2.39. The number of nitrogens with one attached hydrogen (secondary N) is 2. The molecule has 8 heteroatoms. The Kier molecular flexibility index (Phi) is 4.87. The maximum Gasteiger partial charge on any atom is 0.296 e. The molecule has 1 aromatic rings. The summed E-state index contributed by atoms with van der Waals surface area (Å²) < 4.78 is 23.9. The fourth-order valence-electron chi connectivity index (χ4n) is 1.35. The van der Waals surface area contributed by atoms with Crippen molar-refractivity contribution in [3.8, 4) is 0 Å². The topological polar surface area (TPSA) is 127 Å². The van der Waals surface area contributed by atoms with Crippen LogP contribution in [0.1, 0.15) is 13.8 Å². The Morgan fingerprint density at radius 3 is 2.37 bits per heavy atom. The Bertz CT molecular complexity index is 557. The molecule has 106 valence electrons. The van der Waals surface area contributed by atoms with Gasteiger partial charge >= 0.3 is 0 Å². The second-order valence-electron chi connectivity index (χ2n) is 4.49. The average molecular weight is 286 g/mol. The lowest BCUT2D eigenvalue weighted by Gasteiger charge is -2.15. The molecule has 0 aromatic heterocycles. The highest BCUT2D eigenvalue weighted by atomic mass is 32.2. The zero-order valence-electron chi connectivity index (χ0n) is 10.8. The highest BCUT2D eigenvalue weighted by Gasteiger charge is 2.17. The Labute approximate surface area is 112 Å². The lowest BCUT2D eigenvalue weighted by atomic mass is 10.0. The predicted molar refractivity (Wildman–Crippen MR) is 74.6 cm³/mol. The van der Waals surface area contributed by atoms with Crippen molar-refractivity contribution in [3.63, 3.8) is 0 Å². The van der Waals surface area contributed by atoms with E-state index < -0.39 is 16.3 Å². The molecule has 1 aromatic carbocycles. The molecule has 0 aliphatic heterocycles. The van der Waals surface area contributed by atoms with E-state index in [1.165, 1.54) is 12.1 Å². The maximum atomic E-state index is 11.8. The molecule has 1 amide bonds. The van der Waals surface area contributed by atoms with Crippen molar-refractivity contribution in [1.29, 1.82) is 0 Å². The van der Waals surface area contributed by atoms with Crippen LogP contribution in [-0.4, -0.2) is 20.4 Å². The number of rotatable bonds is 5. The van der Waals surface area contributed by atoms with Crippen LogP contribution in [0.5, 0.6) is 0 Å². The number of carbonyl (C=O) groups excluding carboxylic acids is 1. The van der Waals surface area contributed by atoms with E-state index in [9.17, 15) is 13.2 Å². The summed E-state index contributed by atoms with van der Waals surface area (Å²) in [6.45, 7) is 3.67. The van der Waals surface area contributed by atoms with Crippen molar-refractivity contribution in [2.45, 2.75) is 19.9 Å². The summed E-state index contributed by atoms with van der Waals surface area (Å²) in [6, 6.07) is 5.55. The SMILES string of the molecule is CC(C)C(N)C(=O)Nc1cccc(NS(N)(=O)=O)c1. The van der Waals surface area contributed by atoms with Crippen LogP contribution in [-0.2, 0) is 15.0 Å². The molecule has 0 heterocycles. The quantitative estimate of drug-likeness (QED) is 0.617. The Hall–Kier alpha value is -1.64. The van der Waals surface area contributed by atoms with Crippen LogP contribution >= 0.6 is 0 Å². The van der Waals surface area contributed by atoms with E-state index in [0.717, 1.165) is 0 Å². The van der Waals surface area contributed by atoms with E-state index in [1.807, 2.05) is 13.8 Å². The van der Waals surface area contributed by atoms with Crippen LogP contribution in [0.4, 0.5) is 11.4 Å². The molecule has 0 fully saturated rings. The van der Waals surface area contributed by atoms with Gasteiger partial charge in [0.2, 0.25) is 5.91 Å². The zero-order valence-corrected chi connectivity index (χ0v) is 11.6. The molecule has 0 saturated carbocycles. The van der Waals surface area contributed by atoms with Crippen LogP contribution < -0.4 is 20.9 Å². The zero-order chi connectivity index (χ0) is 14.6. The molecule has 0 saturated heterocycles. The minimum Gasteiger partial charge on any atom is -0.325 e. The number of benzene rings is 1. The number of hydrogen-bond acceptors (Lipinski definition) is 4. The average Bonchev–Trinajstić information content (AvgIpc) is 2.25. The fraction of sp³-hybridized carbons (Fsp3) is 0.364. The summed E-state index contributed by atoms with van der Waals surface area (Å²) in [5.41, 5.74) is 6.41. The van der Waals surface area contributed by atoms with E-state index in [1.54, 1.807) is 12.1 Å². The van der Waals surface area contributed by atoms with Crippen molar-refractivity contribution in [2.24, 2.45) is 16.8 Å². The molecule has 1 atom stereocenters. The van der Waals surface area contributed by atoms with E-state index >= 15 is 0 Å². The van der Waals surface area contributed by atoms with Crippen LogP contribution in [0.3, 0.4) is 0 Å². The van der Waals surface area contributed by atoms with Crippen LogP contribution in [0, 0.1) is 5.92 Å². The third kappa shape index (κ3) is 5.25. The first-order valence-electron chi connectivity index (χ1n) is 5.66. The van der Waals surface area contributed by atoms with Gasteiger partial charge in [-0.2, -0.15) is 8.42 Å². The van der Waals surface area contributed by atoms with E-state index in [0.29, 0.717) is 5.69 Å². The molecule has 1 unspecified atom stereocenters. The monoisotopic (exact) mass is 286 g/mol. The smallest absolute Gasteiger partial charge is 0.296 e. The van der Waals surface area contributed by atoms with E-state index in [-0.39, 0.29) is 17.5 Å². The lowest BCUT2D eigenvalue weighted by molar-refractivity contribution is -0.118. The summed E-state index contributed by atoms with van der Waals surface area (Å²) in [5.74, 6) is -0.325. The number of anilines is 2. The van der Waals surface area contributed by atoms with Gasteiger partial charge in [0.25, 0.3) is 10.2 Å². The van der Waals surface area contributed by atoms with Gasteiger partial charge in [0, 0.05) is 5.69 Å². The second kappa shape index (κ2) is 6.00. The van der Waals surface area contributed by atoms with Crippen LogP contribution in [0.25, 0.3) is 0 Å². The van der Waals surface area contributed by atoms with Crippen molar-refractivity contribution in [3.05, 3.63) is 24.3 Å². The second-order valence-corrected chi connectivity index (χ2v) is 5.78. The van der Waals surface area contributed by atoms with Crippen molar-refractivity contribution in [1.82, 2.24) is 0 Å². The van der Waals surface area contributed by atoms with Gasteiger partial charge in [-0.1, -0.05) is 19.9 Å². The van der Waals surface area contributed by atoms with Crippen molar-refractivity contribution in [2.75, 3.05) is 10.0 Å². The molecule has 0 radical (unpaired) electrons. The Morgan fingerprint density at radius 2 is 1.84 bits per heavy atom. The van der Waals surface area contributed by atoms with Crippen LogP contribution in [0.15, 0.2) is 24.3 Å². The highest BCUT2D eigenvalue weighted by Crippen LogP contribution is 2.16. The first-order chi connectivity index (χ1) is 8.69. The van der Waals surface area contributed by atoms with E-state index in [4.69, 9.17) is 10.9 Å². The van der Waals surface area contributed by atoms with Gasteiger partial charge in [0.05, 0.1) is 11.7 Å². The third-order valence-corrected chi connectivity index (χ3v) is 2.93. The molecular weight excluding hydrogens is 268 g/mol. The van der Waals surface area contributed by atoms with Crippen LogP contribution in [0.2, 0.25) is 0 Å². The standard InChI is InChI=1S/C11H18N4O3S/c1-7(2)10(12)11(16)14-8-4-3-5-9(6-8)15-19(13,17)18/h3-7,10,15H,12H2,1-2H3,(H,14,16)(H2,13,17,18). The normalized spacial score (nSPS) is 13.1. The molecule has 0 bridgehead atoms. The van der Waals surface area contributed by atoms with Gasteiger partial charge in [-0.3, -0.25) is 9.52 Å². The fourth-order valence-corrected chi connectivity index (χ4v) is 1.81. The molecule has 19 heavy (non-hydrogen) atoms. The van der Waals surface area contributed by atoms with Gasteiger partial charge in [0.15, 0.2) is 0 Å². The predicted octanol–water partition coefficient (Wildman–Crippen LogP) is 0.224. The summed E-state index contributed by atoms with van der Waals surface area (Å²) >= 11 is 0. The Morgan fingerprint density at radius 1 is 1.26 bits per heavy atom. The van der Waals surface area contributed by atoms with Gasteiger partial charge < -0.3 is 11.1 Å². The number of hydrogen-bond donors (Lipinski definition) is 4. The first-order valence-corrected chi connectivity index (χ1v) is 7.21. The maximum absolute atomic E-state index is 11.8. The van der Waals surface area contributed by atoms with Gasteiger partial charge in [-0.15, -0.1) is 0 Å². The molecule has 0 spiro atoms. The largest absolute Gasteiger partial charge is 0.325 e. The summed E-state index contributed by atoms with van der Waals surface area (Å²) in [7, 11) is -3.84. The molecular formula is C11H18N4O3S. The minimum absolute atomic E-state index is 0.00530. The molecule has 0 aliphatic rings. The number of carbonyl (C=O) groups is 1.